The molecule has 3 amide bonds. The predicted octanol–water partition coefficient (Wildman–Crippen LogP) is 5.82. The molecule has 0 unspecified atom stereocenters. The third-order valence-corrected chi connectivity index (χ3v) is 6.29. The van der Waals surface area contributed by atoms with E-state index in [0.717, 1.165) is 8.95 Å². The third kappa shape index (κ3) is 3.72. The van der Waals surface area contributed by atoms with Crippen molar-refractivity contribution in [1.82, 2.24) is 0 Å². The van der Waals surface area contributed by atoms with Crippen LogP contribution in [-0.4, -0.2) is 23.3 Å². The number of benzene rings is 3. The number of imide groups is 1. The Balaban J connectivity index is 1.84. The van der Waals surface area contributed by atoms with Crippen LogP contribution in [0.15, 0.2) is 81.7 Å². The summed E-state index contributed by atoms with van der Waals surface area (Å²) in [6.45, 7) is 3.31. The Labute approximate surface area is 196 Å². The standard InChI is InChI=1S/C24H18Br2N2O3/c1-24(2)23(31)27(21(29)15-7-11-17(25)12-8-15)19-5-3-4-6-20(19)28(24)22(30)16-9-13-18(26)14-10-16/h3-14H,1-2H3. The quantitative estimate of drug-likeness (QED) is 0.384. The number of anilines is 2. The second-order valence-electron chi connectivity index (χ2n) is 7.65. The SMILES string of the molecule is CC1(C)C(=O)N(C(=O)c2ccc(Br)cc2)c2ccccc2N1C(=O)c1ccc(Br)cc1. The first kappa shape index (κ1) is 21.5. The largest absolute Gasteiger partial charge is 0.292 e. The highest BCUT2D eigenvalue weighted by Gasteiger charge is 2.49. The molecule has 0 aliphatic carbocycles. The normalized spacial score (nSPS) is 14.9. The highest BCUT2D eigenvalue weighted by molar-refractivity contribution is 9.10. The second kappa shape index (κ2) is 8.05. The summed E-state index contributed by atoms with van der Waals surface area (Å²) >= 11 is 6.73. The van der Waals surface area contributed by atoms with Gasteiger partial charge in [0, 0.05) is 20.1 Å². The molecule has 5 nitrogen and oxygen atoms in total. The molecule has 1 aliphatic heterocycles. The van der Waals surface area contributed by atoms with Gasteiger partial charge in [-0.2, -0.15) is 0 Å². The minimum Gasteiger partial charge on any atom is -0.292 e. The van der Waals surface area contributed by atoms with Gasteiger partial charge < -0.3 is 0 Å². The molecule has 0 spiro atoms. The van der Waals surface area contributed by atoms with Crippen LogP contribution in [0.2, 0.25) is 0 Å². The van der Waals surface area contributed by atoms with E-state index in [9.17, 15) is 14.4 Å². The number of halogens is 2. The van der Waals surface area contributed by atoms with Gasteiger partial charge in [0.05, 0.1) is 11.4 Å². The lowest BCUT2D eigenvalue weighted by atomic mass is 9.92. The molecule has 7 heteroatoms. The predicted molar refractivity (Wildman–Crippen MR) is 127 cm³/mol. The molecule has 4 rings (SSSR count). The summed E-state index contributed by atoms with van der Waals surface area (Å²) < 4.78 is 1.69. The maximum Gasteiger partial charge on any atom is 0.265 e. The average Bonchev–Trinajstić information content (AvgIpc) is 2.75. The molecule has 3 aromatic carbocycles. The Bertz CT molecular complexity index is 1190. The molecule has 31 heavy (non-hydrogen) atoms. The number of rotatable bonds is 2. The van der Waals surface area contributed by atoms with Crippen LogP contribution >= 0.6 is 31.9 Å². The molecule has 0 radical (unpaired) electrons. The summed E-state index contributed by atoms with van der Waals surface area (Å²) in [7, 11) is 0. The molecule has 0 atom stereocenters. The van der Waals surface area contributed by atoms with Crippen molar-refractivity contribution in [2.75, 3.05) is 9.80 Å². The molecule has 0 fully saturated rings. The van der Waals surface area contributed by atoms with E-state index in [0.29, 0.717) is 22.5 Å². The van der Waals surface area contributed by atoms with Crippen LogP contribution in [0.5, 0.6) is 0 Å². The first-order valence-corrected chi connectivity index (χ1v) is 11.1. The Morgan fingerprint density at radius 1 is 0.710 bits per heavy atom. The maximum atomic E-state index is 13.6. The van der Waals surface area contributed by atoms with E-state index in [1.807, 2.05) is 0 Å². The molecule has 0 saturated heterocycles. The molecule has 3 aromatic rings. The molecule has 0 saturated carbocycles. The van der Waals surface area contributed by atoms with Crippen molar-refractivity contribution in [3.05, 3.63) is 92.9 Å². The Morgan fingerprint density at radius 2 is 1.16 bits per heavy atom. The van der Waals surface area contributed by atoms with Gasteiger partial charge in [0.25, 0.3) is 17.7 Å². The Morgan fingerprint density at radius 3 is 1.68 bits per heavy atom. The van der Waals surface area contributed by atoms with Gasteiger partial charge in [-0.05, 0) is 74.5 Å². The number of nitrogens with zero attached hydrogens (tertiary/aromatic N) is 2. The number of fused-ring (bicyclic) bond motifs is 1. The van der Waals surface area contributed by atoms with Gasteiger partial charge in [-0.1, -0.05) is 44.0 Å². The van der Waals surface area contributed by atoms with Crippen LogP contribution in [0, 0.1) is 0 Å². The fourth-order valence-electron chi connectivity index (χ4n) is 3.63. The summed E-state index contributed by atoms with van der Waals surface area (Å²) in [5, 5.41) is 0. The van der Waals surface area contributed by atoms with Crippen LogP contribution < -0.4 is 9.80 Å². The number of para-hydroxylation sites is 2. The Hall–Kier alpha value is -2.77. The first-order valence-electron chi connectivity index (χ1n) is 9.55. The van der Waals surface area contributed by atoms with Gasteiger partial charge in [0.15, 0.2) is 0 Å². The summed E-state index contributed by atoms with van der Waals surface area (Å²) in [6, 6.07) is 20.8. The molecule has 156 valence electrons. The van der Waals surface area contributed by atoms with Gasteiger partial charge in [0.1, 0.15) is 5.54 Å². The van der Waals surface area contributed by atoms with E-state index in [1.165, 1.54) is 9.80 Å². The maximum absolute atomic E-state index is 13.6. The second-order valence-corrected chi connectivity index (χ2v) is 9.48. The fourth-order valence-corrected chi connectivity index (χ4v) is 4.16. The molecule has 1 aliphatic rings. The summed E-state index contributed by atoms with van der Waals surface area (Å²) in [4.78, 5) is 43.0. The highest BCUT2D eigenvalue weighted by atomic mass is 79.9. The van der Waals surface area contributed by atoms with Crippen molar-refractivity contribution in [1.29, 1.82) is 0 Å². The zero-order valence-corrected chi connectivity index (χ0v) is 20.0. The monoisotopic (exact) mass is 540 g/mol. The van der Waals surface area contributed by atoms with Crippen LogP contribution in [0.1, 0.15) is 34.6 Å². The average molecular weight is 542 g/mol. The minimum absolute atomic E-state index is 0.311. The number of carbonyl (C=O) groups is 3. The smallest absolute Gasteiger partial charge is 0.265 e. The van der Waals surface area contributed by atoms with Crippen LogP contribution in [0.3, 0.4) is 0 Å². The summed E-state index contributed by atoms with van der Waals surface area (Å²) in [6.07, 6.45) is 0. The topological polar surface area (TPSA) is 57.7 Å². The third-order valence-electron chi connectivity index (χ3n) is 5.24. The molecule has 0 bridgehead atoms. The van der Waals surface area contributed by atoms with Gasteiger partial charge in [-0.15, -0.1) is 0 Å². The van der Waals surface area contributed by atoms with Crippen molar-refractivity contribution in [2.45, 2.75) is 19.4 Å². The van der Waals surface area contributed by atoms with E-state index in [-0.39, 0.29) is 5.91 Å². The first-order chi connectivity index (χ1) is 14.7. The van der Waals surface area contributed by atoms with E-state index < -0.39 is 17.4 Å². The highest BCUT2D eigenvalue weighted by Crippen LogP contribution is 2.42. The van der Waals surface area contributed by atoms with E-state index in [4.69, 9.17) is 0 Å². The number of carbonyl (C=O) groups excluding carboxylic acids is 3. The molecule has 0 aromatic heterocycles. The number of hydrogen-bond acceptors (Lipinski definition) is 3. The van der Waals surface area contributed by atoms with Gasteiger partial charge in [0.2, 0.25) is 0 Å². The molecule has 1 heterocycles. The summed E-state index contributed by atoms with van der Waals surface area (Å²) in [5.74, 6) is -1.22. The molecular weight excluding hydrogens is 524 g/mol. The van der Waals surface area contributed by atoms with Crippen molar-refractivity contribution in [3.8, 4) is 0 Å². The lowest BCUT2D eigenvalue weighted by molar-refractivity contribution is -0.122. The number of hydrogen-bond donors (Lipinski definition) is 0. The van der Waals surface area contributed by atoms with E-state index >= 15 is 0 Å². The lowest BCUT2D eigenvalue weighted by Crippen LogP contribution is -2.63. The minimum atomic E-state index is -1.27. The molecular formula is C24H18Br2N2O3. The Kier molecular flexibility index (Phi) is 5.58. The van der Waals surface area contributed by atoms with E-state index in [2.05, 4.69) is 31.9 Å². The van der Waals surface area contributed by atoms with E-state index in [1.54, 1.807) is 86.6 Å². The number of amides is 3. The zero-order valence-electron chi connectivity index (χ0n) is 16.8. The fraction of sp³-hybridized carbons (Fsp3) is 0.125. The van der Waals surface area contributed by atoms with Crippen LogP contribution in [0.25, 0.3) is 0 Å². The van der Waals surface area contributed by atoms with Crippen molar-refractivity contribution < 1.29 is 14.4 Å². The van der Waals surface area contributed by atoms with Crippen molar-refractivity contribution in [2.24, 2.45) is 0 Å². The van der Waals surface area contributed by atoms with Gasteiger partial charge in [-0.25, -0.2) is 4.90 Å². The lowest BCUT2D eigenvalue weighted by Gasteiger charge is -2.45. The molecule has 0 N–H and O–H groups in total. The van der Waals surface area contributed by atoms with Gasteiger partial charge in [-0.3, -0.25) is 19.3 Å². The van der Waals surface area contributed by atoms with Gasteiger partial charge >= 0.3 is 0 Å². The van der Waals surface area contributed by atoms with Crippen LogP contribution in [0.4, 0.5) is 11.4 Å². The van der Waals surface area contributed by atoms with Crippen LogP contribution in [-0.2, 0) is 4.79 Å². The summed E-state index contributed by atoms with van der Waals surface area (Å²) in [5.41, 5.74) is 0.445. The van der Waals surface area contributed by atoms with Crippen molar-refractivity contribution in [3.63, 3.8) is 0 Å². The zero-order chi connectivity index (χ0) is 22.3. The van der Waals surface area contributed by atoms with Crippen molar-refractivity contribution >= 4 is 61.0 Å².